The van der Waals surface area contributed by atoms with Crippen molar-refractivity contribution >= 4 is 6.01 Å². The van der Waals surface area contributed by atoms with E-state index in [1.807, 2.05) is 32.0 Å². The Hall–Kier alpha value is -1.95. The quantitative estimate of drug-likeness (QED) is 0.810. The molecule has 0 aliphatic carbocycles. The highest BCUT2D eigenvalue weighted by atomic mass is 16.4. The molecule has 1 unspecified atom stereocenters. The van der Waals surface area contributed by atoms with E-state index in [0.29, 0.717) is 18.5 Å². The van der Waals surface area contributed by atoms with Crippen molar-refractivity contribution in [3.8, 4) is 0 Å². The molecule has 6 nitrogen and oxygen atoms in total. The molecule has 0 aliphatic heterocycles. The molecule has 18 heavy (non-hydrogen) atoms. The fraction of sp³-hybridized carbons (Fsp3) is 0.417. The van der Waals surface area contributed by atoms with Gasteiger partial charge in [0.05, 0.1) is 18.3 Å². The Kier molecular flexibility index (Phi) is 4.25. The van der Waals surface area contributed by atoms with E-state index in [4.69, 9.17) is 4.42 Å². The Morgan fingerprint density at radius 1 is 1.33 bits per heavy atom. The summed E-state index contributed by atoms with van der Waals surface area (Å²) in [4.78, 5) is 4.20. The average Bonchev–Trinajstić information content (AvgIpc) is 2.87. The van der Waals surface area contributed by atoms with Gasteiger partial charge in [-0.3, -0.25) is 4.98 Å². The van der Waals surface area contributed by atoms with Gasteiger partial charge in [0.15, 0.2) is 0 Å². The lowest BCUT2D eigenvalue weighted by atomic mass is 10.3. The van der Waals surface area contributed by atoms with Crippen molar-refractivity contribution < 1.29 is 4.42 Å². The van der Waals surface area contributed by atoms with E-state index in [9.17, 15) is 0 Å². The maximum atomic E-state index is 5.50. The summed E-state index contributed by atoms with van der Waals surface area (Å²) in [5.74, 6) is 0.584. The van der Waals surface area contributed by atoms with Crippen LogP contribution in [0.25, 0.3) is 0 Å². The lowest BCUT2D eigenvalue weighted by Gasteiger charge is -2.05. The van der Waals surface area contributed by atoms with Crippen molar-refractivity contribution in [3.05, 3.63) is 36.0 Å². The Labute approximate surface area is 106 Å². The molecule has 0 amide bonds. The van der Waals surface area contributed by atoms with Gasteiger partial charge >= 0.3 is 6.01 Å². The molecule has 2 rings (SSSR count). The molecule has 6 heteroatoms. The summed E-state index contributed by atoms with van der Waals surface area (Å²) in [5.41, 5.74) is 0.928. The maximum absolute atomic E-state index is 5.50. The second-order valence-electron chi connectivity index (χ2n) is 3.90. The highest BCUT2D eigenvalue weighted by Crippen LogP contribution is 2.13. The van der Waals surface area contributed by atoms with Gasteiger partial charge in [-0.25, -0.2) is 0 Å². The molecule has 1 atom stereocenters. The molecule has 0 aliphatic rings. The standard InChI is InChI=1S/C12H17N5O/c1-3-13-9(2)11-16-17-12(18-11)15-8-10-6-4-5-7-14-10/h4-7,9,13H,3,8H2,1-2H3,(H,15,17). The van der Waals surface area contributed by atoms with Gasteiger partial charge in [-0.15, -0.1) is 5.10 Å². The number of pyridine rings is 1. The Balaban J connectivity index is 1.91. The van der Waals surface area contributed by atoms with Crippen molar-refractivity contribution in [2.45, 2.75) is 26.4 Å². The molecule has 0 aromatic carbocycles. The van der Waals surface area contributed by atoms with Crippen LogP contribution in [0.5, 0.6) is 0 Å². The van der Waals surface area contributed by atoms with E-state index in [-0.39, 0.29) is 6.04 Å². The molecule has 2 N–H and O–H groups in total. The fourth-order valence-electron chi connectivity index (χ4n) is 1.54. The molecule has 0 radical (unpaired) electrons. The number of anilines is 1. The van der Waals surface area contributed by atoms with Gasteiger partial charge in [0.1, 0.15) is 0 Å². The van der Waals surface area contributed by atoms with Crippen LogP contribution in [0.2, 0.25) is 0 Å². The van der Waals surface area contributed by atoms with Crippen molar-refractivity contribution in [2.75, 3.05) is 11.9 Å². The highest BCUT2D eigenvalue weighted by molar-refractivity contribution is 5.20. The van der Waals surface area contributed by atoms with Crippen LogP contribution in [0.1, 0.15) is 31.5 Å². The lowest BCUT2D eigenvalue weighted by Crippen LogP contribution is -2.17. The Morgan fingerprint density at radius 3 is 2.94 bits per heavy atom. The Morgan fingerprint density at radius 2 is 2.22 bits per heavy atom. The fourth-order valence-corrected chi connectivity index (χ4v) is 1.54. The summed E-state index contributed by atoms with van der Waals surface area (Å²) in [5, 5.41) is 14.2. The zero-order valence-electron chi connectivity index (χ0n) is 10.6. The topological polar surface area (TPSA) is 75.9 Å². The van der Waals surface area contributed by atoms with E-state index in [1.54, 1.807) is 6.20 Å². The summed E-state index contributed by atoms with van der Waals surface area (Å²) < 4.78 is 5.50. The van der Waals surface area contributed by atoms with Crippen LogP contribution >= 0.6 is 0 Å². The predicted octanol–water partition coefficient (Wildman–Crippen LogP) is 1.75. The number of aromatic nitrogens is 3. The number of nitrogens with zero attached hydrogens (tertiary/aromatic N) is 3. The van der Waals surface area contributed by atoms with Crippen LogP contribution < -0.4 is 10.6 Å². The summed E-state index contributed by atoms with van der Waals surface area (Å²) in [7, 11) is 0. The summed E-state index contributed by atoms with van der Waals surface area (Å²) >= 11 is 0. The first kappa shape index (κ1) is 12.5. The number of hydrogen-bond acceptors (Lipinski definition) is 6. The SMILES string of the molecule is CCNC(C)c1nnc(NCc2ccccn2)o1. The van der Waals surface area contributed by atoms with Gasteiger partial charge in [0.25, 0.3) is 0 Å². The third-order valence-electron chi connectivity index (χ3n) is 2.47. The minimum atomic E-state index is 0.0629. The number of nitrogens with one attached hydrogen (secondary N) is 2. The molecular weight excluding hydrogens is 230 g/mol. The largest absolute Gasteiger partial charge is 0.406 e. The van der Waals surface area contributed by atoms with E-state index in [2.05, 4.69) is 25.8 Å². The highest BCUT2D eigenvalue weighted by Gasteiger charge is 2.12. The zero-order valence-corrected chi connectivity index (χ0v) is 10.6. The van der Waals surface area contributed by atoms with Crippen molar-refractivity contribution in [1.82, 2.24) is 20.5 Å². The predicted molar refractivity (Wildman–Crippen MR) is 68.0 cm³/mol. The summed E-state index contributed by atoms with van der Waals surface area (Å²) in [6.07, 6.45) is 1.75. The van der Waals surface area contributed by atoms with Gasteiger partial charge in [0, 0.05) is 6.20 Å². The second kappa shape index (κ2) is 6.11. The smallest absolute Gasteiger partial charge is 0.315 e. The van der Waals surface area contributed by atoms with E-state index < -0.39 is 0 Å². The number of hydrogen-bond donors (Lipinski definition) is 2. The summed E-state index contributed by atoms with van der Waals surface area (Å²) in [6, 6.07) is 6.24. The molecule has 96 valence electrons. The molecule has 0 spiro atoms. The van der Waals surface area contributed by atoms with Crippen LogP contribution in [-0.4, -0.2) is 21.7 Å². The van der Waals surface area contributed by atoms with Crippen LogP contribution in [0.4, 0.5) is 6.01 Å². The van der Waals surface area contributed by atoms with Gasteiger partial charge < -0.3 is 15.1 Å². The minimum Gasteiger partial charge on any atom is -0.406 e. The van der Waals surface area contributed by atoms with Gasteiger partial charge in [0.2, 0.25) is 5.89 Å². The van der Waals surface area contributed by atoms with E-state index >= 15 is 0 Å². The molecule has 0 bridgehead atoms. The molecule has 2 aromatic heterocycles. The first-order valence-electron chi connectivity index (χ1n) is 6.00. The molecule has 0 saturated heterocycles. The van der Waals surface area contributed by atoms with Gasteiger partial charge in [-0.05, 0) is 25.6 Å². The van der Waals surface area contributed by atoms with Crippen LogP contribution in [0, 0.1) is 0 Å². The summed E-state index contributed by atoms with van der Waals surface area (Å²) in [6.45, 7) is 5.45. The molecule has 2 aromatic rings. The third kappa shape index (κ3) is 3.27. The minimum absolute atomic E-state index is 0.0629. The third-order valence-corrected chi connectivity index (χ3v) is 2.47. The van der Waals surface area contributed by atoms with Crippen LogP contribution in [-0.2, 0) is 6.54 Å². The number of rotatable bonds is 6. The lowest BCUT2D eigenvalue weighted by molar-refractivity contribution is 0.428. The monoisotopic (exact) mass is 247 g/mol. The first-order chi connectivity index (χ1) is 8.79. The van der Waals surface area contributed by atoms with Crippen LogP contribution in [0.15, 0.2) is 28.8 Å². The van der Waals surface area contributed by atoms with Gasteiger partial charge in [-0.2, -0.15) is 0 Å². The first-order valence-corrected chi connectivity index (χ1v) is 6.00. The normalized spacial score (nSPS) is 12.3. The zero-order chi connectivity index (χ0) is 12.8. The average molecular weight is 247 g/mol. The van der Waals surface area contributed by atoms with Crippen LogP contribution in [0.3, 0.4) is 0 Å². The molecule has 0 fully saturated rings. The molecular formula is C12H17N5O. The molecule has 0 saturated carbocycles. The molecule has 2 heterocycles. The maximum Gasteiger partial charge on any atom is 0.315 e. The Bertz CT molecular complexity index is 470. The van der Waals surface area contributed by atoms with Crippen molar-refractivity contribution in [1.29, 1.82) is 0 Å². The van der Waals surface area contributed by atoms with E-state index in [0.717, 1.165) is 12.2 Å². The van der Waals surface area contributed by atoms with E-state index in [1.165, 1.54) is 0 Å². The second-order valence-corrected chi connectivity index (χ2v) is 3.90. The van der Waals surface area contributed by atoms with Crippen molar-refractivity contribution in [2.24, 2.45) is 0 Å². The van der Waals surface area contributed by atoms with Gasteiger partial charge in [-0.1, -0.05) is 18.1 Å². The van der Waals surface area contributed by atoms with Crippen molar-refractivity contribution in [3.63, 3.8) is 0 Å².